The number of nitrogens with one attached hydrogen (secondary N) is 1. The SMILES string of the molecule is O=C(CCc1ccccc1Cl)N1Cc2ccccc2NCc2ccccc2OC[C@@H]1Cc1ccccc1. The van der Waals surface area contributed by atoms with Crippen LogP contribution in [0.1, 0.15) is 28.7 Å². The highest BCUT2D eigenvalue weighted by Gasteiger charge is 2.27. The Morgan fingerprint density at radius 1 is 0.865 bits per heavy atom. The van der Waals surface area contributed by atoms with Gasteiger partial charge in [0.2, 0.25) is 5.91 Å². The Kier molecular flexibility index (Phi) is 8.07. The molecular weight excluding hydrogens is 480 g/mol. The van der Waals surface area contributed by atoms with E-state index in [4.69, 9.17) is 16.3 Å². The van der Waals surface area contributed by atoms with Gasteiger partial charge in [0.1, 0.15) is 12.4 Å². The molecule has 1 atom stereocenters. The van der Waals surface area contributed by atoms with Gasteiger partial charge in [-0.2, -0.15) is 0 Å². The summed E-state index contributed by atoms with van der Waals surface area (Å²) in [5, 5.41) is 4.27. The number of carbonyl (C=O) groups is 1. The first-order chi connectivity index (χ1) is 18.2. The third-order valence-electron chi connectivity index (χ3n) is 6.87. The number of amides is 1. The van der Waals surface area contributed by atoms with Crippen molar-refractivity contribution in [2.45, 2.75) is 38.4 Å². The van der Waals surface area contributed by atoms with Crippen LogP contribution < -0.4 is 10.1 Å². The van der Waals surface area contributed by atoms with Crippen molar-refractivity contribution in [3.05, 3.63) is 130 Å². The molecule has 1 aliphatic heterocycles. The van der Waals surface area contributed by atoms with E-state index in [2.05, 4.69) is 35.6 Å². The summed E-state index contributed by atoms with van der Waals surface area (Å²) in [5.74, 6) is 0.933. The molecule has 0 saturated heterocycles. The minimum Gasteiger partial charge on any atom is -0.491 e. The molecule has 0 radical (unpaired) electrons. The molecule has 0 unspecified atom stereocenters. The number of rotatable bonds is 5. The predicted octanol–water partition coefficient (Wildman–Crippen LogP) is 6.92. The van der Waals surface area contributed by atoms with Crippen LogP contribution in [0.5, 0.6) is 5.75 Å². The maximum atomic E-state index is 13.9. The number of halogens is 1. The number of hydrogen-bond acceptors (Lipinski definition) is 3. The third-order valence-corrected chi connectivity index (χ3v) is 7.24. The Morgan fingerprint density at radius 2 is 1.57 bits per heavy atom. The van der Waals surface area contributed by atoms with Crippen LogP contribution in [0.15, 0.2) is 103 Å². The van der Waals surface area contributed by atoms with Gasteiger partial charge in [-0.25, -0.2) is 0 Å². The zero-order chi connectivity index (χ0) is 25.5. The second-order valence-electron chi connectivity index (χ2n) is 9.39. The molecule has 4 aromatic rings. The average molecular weight is 511 g/mol. The molecule has 0 spiro atoms. The number of nitrogens with zero attached hydrogens (tertiary/aromatic N) is 1. The molecule has 1 N–H and O–H groups in total. The highest BCUT2D eigenvalue weighted by Crippen LogP contribution is 2.27. The van der Waals surface area contributed by atoms with E-state index in [1.807, 2.05) is 77.7 Å². The van der Waals surface area contributed by atoms with Gasteiger partial charge in [-0.1, -0.05) is 96.5 Å². The number of para-hydroxylation sites is 2. The number of carbonyl (C=O) groups excluding carboxylic acids is 1. The summed E-state index contributed by atoms with van der Waals surface area (Å²) >= 11 is 6.40. The molecule has 4 nitrogen and oxygen atoms in total. The van der Waals surface area contributed by atoms with Gasteiger partial charge >= 0.3 is 0 Å². The first-order valence-electron chi connectivity index (χ1n) is 12.8. The van der Waals surface area contributed by atoms with Gasteiger partial charge in [0.05, 0.1) is 6.04 Å². The Bertz CT molecular complexity index is 1340. The smallest absolute Gasteiger partial charge is 0.223 e. The molecule has 0 bridgehead atoms. The number of benzene rings is 4. The second kappa shape index (κ2) is 12.0. The van der Waals surface area contributed by atoms with Gasteiger partial charge in [-0.05, 0) is 47.7 Å². The number of ether oxygens (including phenoxy) is 1. The van der Waals surface area contributed by atoms with Crippen LogP contribution >= 0.6 is 11.6 Å². The van der Waals surface area contributed by atoms with E-state index in [1.54, 1.807) is 0 Å². The van der Waals surface area contributed by atoms with Crippen molar-refractivity contribution in [2.75, 3.05) is 11.9 Å². The summed E-state index contributed by atoms with van der Waals surface area (Å²) in [7, 11) is 0. The molecule has 1 heterocycles. The molecule has 37 heavy (non-hydrogen) atoms. The summed E-state index contributed by atoms with van der Waals surface area (Å²) in [4.78, 5) is 15.9. The van der Waals surface area contributed by atoms with Gasteiger partial charge in [-0.15, -0.1) is 0 Å². The van der Waals surface area contributed by atoms with Crippen LogP contribution in [0.3, 0.4) is 0 Å². The summed E-state index contributed by atoms with van der Waals surface area (Å²) in [6, 6.07) is 34.3. The lowest BCUT2D eigenvalue weighted by molar-refractivity contribution is -0.135. The van der Waals surface area contributed by atoms with Crippen molar-refractivity contribution < 1.29 is 9.53 Å². The molecule has 0 aliphatic carbocycles. The number of fused-ring (bicyclic) bond motifs is 2. The molecule has 0 saturated carbocycles. The topological polar surface area (TPSA) is 41.6 Å². The van der Waals surface area contributed by atoms with Crippen LogP contribution in [0.2, 0.25) is 5.02 Å². The quantitative estimate of drug-likeness (QED) is 0.317. The highest BCUT2D eigenvalue weighted by atomic mass is 35.5. The Balaban J connectivity index is 1.49. The fourth-order valence-corrected chi connectivity index (χ4v) is 5.06. The van der Waals surface area contributed by atoms with Crippen molar-refractivity contribution in [3.8, 4) is 5.75 Å². The lowest BCUT2D eigenvalue weighted by Gasteiger charge is -2.33. The fraction of sp³-hybridized carbons (Fsp3) is 0.219. The standard InChI is InChI=1S/C32H31ClN2O2/c33-29-15-7-4-12-25(29)18-19-32(36)35-22-27-14-5-8-16-30(27)34-21-26-13-6-9-17-31(26)37-23-28(35)20-24-10-2-1-3-11-24/h1-17,28,34H,18-23H2/t28-/m0/s1. The average Bonchev–Trinajstić information content (AvgIpc) is 2.96. The Labute approximate surface area is 223 Å². The van der Waals surface area contributed by atoms with Crippen molar-refractivity contribution >= 4 is 23.2 Å². The second-order valence-corrected chi connectivity index (χ2v) is 9.79. The van der Waals surface area contributed by atoms with Crippen LogP contribution in [0.4, 0.5) is 5.69 Å². The molecule has 4 aromatic carbocycles. The molecule has 5 heteroatoms. The molecule has 1 amide bonds. The molecule has 188 valence electrons. The van der Waals surface area contributed by atoms with Gasteiger partial charge in [0.25, 0.3) is 0 Å². The van der Waals surface area contributed by atoms with Crippen LogP contribution in [0, 0.1) is 0 Å². The minimum atomic E-state index is -0.139. The summed E-state index contributed by atoms with van der Waals surface area (Å²) < 4.78 is 6.41. The van der Waals surface area contributed by atoms with E-state index in [0.717, 1.165) is 28.1 Å². The summed E-state index contributed by atoms with van der Waals surface area (Å²) in [6.45, 7) is 1.56. The van der Waals surface area contributed by atoms with Crippen LogP contribution in [-0.4, -0.2) is 23.5 Å². The zero-order valence-electron chi connectivity index (χ0n) is 20.8. The lowest BCUT2D eigenvalue weighted by Crippen LogP contribution is -2.44. The summed E-state index contributed by atoms with van der Waals surface area (Å²) in [6.07, 6.45) is 1.67. The van der Waals surface area contributed by atoms with E-state index in [1.165, 1.54) is 5.56 Å². The lowest BCUT2D eigenvalue weighted by atomic mass is 10.0. The van der Waals surface area contributed by atoms with Crippen molar-refractivity contribution in [1.82, 2.24) is 4.90 Å². The summed E-state index contributed by atoms with van der Waals surface area (Å²) in [5.41, 5.74) is 5.37. The molecule has 5 rings (SSSR count). The van der Waals surface area contributed by atoms with Crippen molar-refractivity contribution in [1.29, 1.82) is 0 Å². The fourth-order valence-electron chi connectivity index (χ4n) is 4.83. The number of anilines is 1. The maximum absolute atomic E-state index is 13.9. The third kappa shape index (κ3) is 6.33. The van der Waals surface area contributed by atoms with E-state index in [0.29, 0.717) is 44.0 Å². The molecule has 0 fully saturated rings. The zero-order valence-corrected chi connectivity index (χ0v) is 21.5. The monoisotopic (exact) mass is 510 g/mol. The Hall–Kier alpha value is -3.76. The van der Waals surface area contributed by atoms with Gasteiger partial charge < -0.3 is 15.0 Å². The van der Waals surface area contributed by atoms with E-state index in [-0.39, 0.29) is 11.9 Å². The molecule has 0 aromatic heterocycles. The Morgan fingerprint density at radius 3 is 2.41 bits per heavy atom. The van der Waals surface area contributed by atoms with E-state index >= 15 is 0 Å². The number of hydrogen-bond donors (Lipinski definition) is 1. The van der Waals surface area contributed by atoms with Crippen molar-refractivity contribution in [3.63, 3.8) is 0 Å². The van der Waals surface area contributed by atoms with Crippen LogP contribution in [0.25, 0.3) is 0 Å². The number of aryl methyl sites for hydroxylation is 1. The van der Waals surface area contributed by atoms with E-state index < -0.39 is 0 Å². The predicted molar refractivity (Wildman–Crippen MR) is 150 cm³/mol. The highest BCUT2D eigenvalue weighted by molar-refractivity contribution is 6.31. The van der Waals surface area contributed by atoms with Crippen LogP contribution in [-0.2, 0) is 30.7 Å². The largest absolute Gasteiger partial charge is 0.491 e. The van der Waals surface area contributed by atoms with E-state index in [9.17, 15) is 4.79 Å². The van der Waals surface area contributed by atoms with Gasteiger partial charge in [-0.3, -0.25) is 4.79 Å². The molecule has 1 aliphatic rings. The van der Waals surface area contributed by atoms with Crippen molar-refractivity contribution in [2.24, 2.45) is 0 Å². The normalized spacial score (nSPS) is 15.4. The first kappa shape index (κ1) is 24.9. The minimum absolute atomic E-state index is 0.0896. The van der Waals surface area contributed by atoms with Gasteiger partial charge in [0, 0.05) is 35.8 Å². The maximum Gasteiger partial charge on any atom is 0.223 e. The van der Waals surface area contributed by atoms with Gasteiger partial charge in [0.15, 0.2) is 0 Å². The molecular formula is C32H31ClN2O2. The first-order valence-corrected chi connectivity index (χ1v) is 13.1.